The number of hydrogen-bond donors (Lipinski definition) is 1. The topological polar surface area (TPSA) is 90.3 Å². The normalized spacial score (nSPS) is 10.8. The van der Waals surface area contributed by atoms with Crippen LogP contribution in [0.5, 0.6) is 0 Å². The highest BCUT2D eigenvalue weighted by molar-refractivity contribution is 7.18. The molecule has 0 spiro atoms. The Balaban J connectivity index is 1.62. The number of nitrogens with zero attached hydrogens (tertiary/aromatic N) is 2. The maximum absolute atomic E-state index is 12.7. The molecule has 0 fully saturated rings. The van der Waals surface area contributed by atoms with Crippen molar-refractivity contribution in [2.45, 2.75) is 13.5 Å². The van der Waals surface area contributed by atoms with E-state index >= 15 is 0 Å². The number of ether oxygens (including phenoxy) is 1. The fraction of sp³-hybridized carbons (Fsp3) is 0.130. The smallest absolute Gasteiger partial charge is 0.350 e. The molecular weight excluding hydrogens is 450 g/mol. The first-order valence-electron chi connectivity index (χ1n) is 9.78. The molecule has 0 radical (unpaired) electrons. The number of anilines is 1. The molecule has 32 heavy (non-hydrogen) atoms. The first-order chi connectivity index (χ1) is 15.5. The molecule has 0 bridgehead atoms. The zero-order valence-corrected chi connectivity index (χ0v) is 18.6. The highest BCUT2D eigenvalue weighted by Gasteiger charge is 2.20. The molecule has 4 aromatic rings. The van der Waals surface area contributed by atoms with Crippen molar-refractivity contribution in [3.05, 3.63) is 81.0 Å². The number of aromatic nitrogens is 2. The molecule has 0 aliphatic carbocycles. The van der Waals surface area contributed by atoms with E-state index in [2.05, 4.69) is 10.4 Å². The molecule has 2 heterocycles. The van der Waals surface area contributed by atoms with Crippen molar-refractivity contribution in [2.75, 3.05) is 11.9 Å². The molecule has 0 aliphatic heterocycles. The molecule has 0 unspecified atom stereocenters. The minimum absolute atomic E-state index is 0.205. The van der Waals surface area contributed by atoms with Gasteiger partial charge in [-0.1, -0.05) is 41.9 Å². The van der Waals surface area contributed by atoms with Gasteiger partial charge in [-0.2, -0.15) is 5.10 Å². The summed E-state index contributed by atoms with van der Waals surface area (Å²) in [5.41, 5.74) is 0.797. The average Bonchev–Trinajstić information content (AvgIpc) is 3.20. The van der Waals surface area contributed by atoms with Crippen molar-refractivity contribution in [3.8, 4) is 10.4 Å². The molecule has 2 aromatic carbocycles. The van der Waals surface area contributed by atoms with Crippen molar-refractivity contribution in [1.29, 1.82) is 0 Å². The van der Waals surface area contributed by atoms with E-state index < -0.39 is 11.9 Å². The van der Waals surface area contributed by atoms with E-state index in [1.54, 1.807) is 43.3 Å². The third-order valence-corrected chi connectivity index (χ3v) is 6.07. The van der Waals surface area contributed by atoms with Crippen LogP contribution >= 0.6 is 22.9 Å². The minimum Gasteiger partial charge on any atom is -0.462 e. The number of esters is 1. The quantitative estimate of drug-likeness (QED) is 0.419. The van der Waals surface area contributed by atoms with Crippen LogP contribution in [0.15, 0.2) is 65.6 Å². The second-order valence-corrected chi connectivity index (χ2v) is 8.31. The van der Waals surface area contributed by atoms with E-state index in [9.17, 15) is 14.4 Å². The number of halogens is 1. The molecule has 2 aromatic heterocycles. The van der Waals surface area contributed by atoms with Gasteiger partial charge in [-0.05, 0) is 36.8 Å². The Bertz CT molecular complexity index is 1360. The molecule has 7 nitrogen and oxygen atoms in total. The van der Waals surface area contributed by atoms with Crippen LogP contribution in [-0.4, -0.2) is 28.3 Å². The summed E-state index contributed by atoms with van der Waals surface area (Å²) >= 11 is 7.16. The summed E-state index contributed by atoms with van der Waals surface area (Å²) in [4.78, 5) is 38.8. The second-order valence-electron chi connectivity index (χ2n) is 6.82. The van der Waals surface area contributed by atoms with Gasteiger partial charge in [-0.3, -0.25) is 9.59 Å². The summed E-state index contributed by atoms with van der Waals surface area (Å²) in [6.07, 6.45) is 1.54. The van der Waals surface area contributed by atoms with Crippen molar-refractivity contribution >= 4 is 51.3 Å². The monoisotopic (exact) mass is 467 g/mol. The molecule has 1 N–H and O–H groups in total. The van der Waals surface area contributed by atoms with Crippen LogP contribution in [0.25, 0.3) is 21.2 Å². The van der Waals surface area contributed by atoms with Crippen LogP contribution in [0, 0.1) is 0 Å². The fourth-order valence-electron chi connectivity index (χ4n) is 3.15. The fourth-order valence-corrected chi connectivity index (χ4v) is 4.29. The largest absolute Gasteiger partial charge is 0.462 e. The van der Waals surface area contributed by atoms with Crippen molar-refractivity contribution in [2.24, 2.45) is 0 Å². The van der Waals surface area contributed by atoms with Crippen LogP contribution < -0.4 is 10.9 Å². The van der Waals surface area contributed by atoms with Gasteiger partial charge >= 0.3 is 5.97 Å². The van der Waals surface area contributed by atoms with Crippen LogP contribution in [0.1, 0.15) is 16.6 Å². The number of amides is 1. The zero-order chi connectivity index (χ0) is 22.7. The summed E-state index contributed by atoms with van der Waals surface area (Å²) in [7, 11) is 0. The lowest BCUT2D eigenvalue weighted by atomic mass is 10.2. The molecule has 0 saturated carbocycles. The standard InChI is InChI=1S/C23H18ClN3O4S/c1-2-31-23(30)21-18(11-19(32-21)14-7-9-16(24)10-8-14)26-20(28)13-27-22(29)17-6-4-3-5-15(17)12-25-27/h3-12H,2,13H2,1H3,(H,26,28). The summed E-state index contributed by atoms with van der Waals surface area (Å²) in [6.45, 7) is 1.62. The molecule has 0 atom stereocenters. The predicted octanol–water partition coefficient (Wildman–Crippen LogP) is 4.59. The Morgan fingerprint density at radius 3 is 2.66 bits per heavy atom. The maximum Gasteiger partial charge on any atom is 0.350 e. The van der Waals surface area contributed by atoms with E-state index in [-0.39, 0.29) is 23.6 Å². The molecule has 9 heteroatoms. The van der Waals surface area contributed by atoms with Crippen molar-refractivity contribution in [1.82, 2.24) is 9.78 Å². The van der Waals surface area contributed by atoms with Gasteiger partial charge in [0.25, 0.3) is 5.56 Å². The minimum atomic E-state index is -0.533. The molecule has 162 valence electrons. The number of benzene rings is 2. The summed E-state index contributed by atoms with van der Waals surface area (Å²) in [6, 6.07) is 15.9. The van der Waals surface area contributed by atoms with Gasteiger partial charge in [0, 0.05) is 15.3 Å². The molecule has 0 saturated heterocycles. The lowest BCUT2D eigenvalue weighted by Crippen LogP contribution is -2.29. The lowest BCUT2D eigenvalue weighted by Gasteiger charge is -2.08. The number of nitrogens with one attached hydrogen (secondary N) is 1. The van der Waals surface area contributed by atoms with Crippen LogP contribution in [-0.2, 0) is 16.1 Å². The van der Waals surface area contributed by atoms with E-state index in [1.165, 1.54) is 17.5 Å². The summed E-state index contributed by atoms with van der Waals surface area (Å²) in [5, 5.41) is 8.57. The number of rotatable bonds is 6. The number of fused-ring (bicyclic) bond motifs is 1. The van der Waals surface area contributed by atoms with Crippen LogP contribution in [0.4, 0.5) is 5.69 Å². The molecule has 1 amide bonds. The van der Waals surface area contributed by atoms with E-state index in [4.69, 9.17) is 16.3 Å². The Morgan fingerprint density at radius 2 is 1.91 bits per heavy atom. The van der Waals surface area contributed by atoms with Gasteiger partial charge in [0.1, 0.15) is 11.4 Å². The van der Waals surface area contributed by atoms with Gasteiger partial charge in [-0.25, -0.2) is 9.48 Å². The van der Waals surface area contributed by atoms with E-state index in [0.29, 0.717) is 21.5 Å². The number of hydrogen-bond acceptors (Lipinski definition) is 6. The number of thiophene rings is 1. The second kappa shape index (κ2) is 9.33. The zero-order valence-electron chi connectivity index (χ0n) is 17.0. The van der Waals surface area contributed by atoms with Crippen LogP contribution in [0.2, 0.25) is 5.02 Å². The summed E-state index contributed by atoms with van der Waals surface area (Å²) in [5.74, 6) is -1.02. The predicted molar refractivity (Wildman–Crippen MR) is 125 cm³/mol. The third-order valence-electron chi connectivity index (χ3n) is 4.65. The first kappa shape index (κ1) is 21.7. The summed E-state index contributed by atoms with van der Waals surface area (Å²) < 4.78 is 6.23. The van der Waals surface area contributed by atoms with Gasteiger partial charge in [0.05, 0.1) is 23.9 Å². The molecule has 4 rings (SSSR count). The maximum atomic E-state index is 12.7. The van der Waals surface area contributed by atoms with E-state index in [0.717, 1.165) is 15.1 Å². The van der Waals surface area contributed by atoms with Crippen molar-refractivity contribution in [3.63, 3.8) is 0 Å². The van der Waals surface area contributed by atoms with Gasteiger partial charge in [0.15, 0.2) is 0 Å². The molecular formula is C23H18ClN3O4S. The highest BCUT2D eigenvalue weighted by atomic mass is 35.5. The average molecular weight is 468 g/mol. The van der Waals surface area contributed by atoms with E-state index in [1.807, 2.05) is 18.2 Å². The van der Waals surface area contributed by atoms with Gasteiger partial charge in [-0.15, -0.1) is 11.3 Å². The Labute approximate surface area is 192 Å². The Hall–Kier alpha value is -3.49. The van der Waals surface area contributed by atoms with Gasteiger partial charge < -0.3 is 10.1 Å². The Morgan fingerprint density at radius 1 is 1.16 bits per heavy atom. The van der Waals surface area contributed by atoms with Gasteiger partial charge in [0.2, 0.25) is 5.91 Å². The van der Waals surface area contributed by atoms with Crippen LogP contribution in [0.3, 0.4) is 0 Å². The molecule has 0 aliphatic rings. The lowest BCUT2D eigenvalue weighted by molar-refractivity contribution is -0.117. The van der Waals surface area contributed by atoms with Crippen molar-refractivity contribution < 1.29 is 14.3 Å². The third kappa shape index (κ3) is 4.56. The number of carbonyl (C=O) groups is 2. The Kier molecular flexibility index (Phi) is 6.34. The number of carbonyl (C=O) groups excluding carboxylic acids is 2. The highest BCUT2D eigenvalue weighted by Crippen LogP contribution is 2.36. The SMILES string of the molecule is CCOC(=O)c1sc(-c2ccc(Cl)cc2)cc1NC(=O)Cn1ncc2ccccc2c1=O. The first-order valence-corrected chi connectivity index (χ1v) is 11.0.